The second-order valence-corrected chi connectivity index (χ2v) is 8.23. The van der Waals surface area contributed by atoms with Crippen LogP contribution in [0.5, 0.6) is 5.75 Å². The fraction of sp³-hybridized carbons (Fsp3) is 0.333. The SMILES string of the molecule is CCCCOc1ccc(C(=O)Nc2cc(C(C)(C)C)nn2-c2ccc(F)cc2)cc1. The van der Waals surface area contributed by atoms with E-state index in [0.29, 0.717) is 23.7 Å². The number of halogens is 1. The number of carbonyl (C=O) groups excluding carboxylic acids is 1. The van der Waals surface area contributed by atoms with Gasteiger partial charge in [0.2, 0.25) is 0 Å². The number of benzene rings is 2. The molecule has 1 N–H and O–H groups in total. The fourth-order valence-electron chi connectivity index (χ4n) is 2.84. The summed E-state index contributed by atoms with van der Waals surface area (Å²) in [5.41, 5.74) is 1.80. The van der Waals surface area contributed by atoms with Crippen LogP contribution < -0.4 is 10.1 Å². The van der Waals surface area contributed by atoms with Crippen LogP contribution >= 0.6 is 0 Å². The molecule has 0 unspecified atom stereocenters. The Morgan fingerprint density at radius 1 is 1.10 bits per heavy atom. The molecule has 6 heteroatoms. The Balaban J connectivity index is 1.83. The summed E-state index contributed by atoms with van der Waals surface area (Å²) in [6.45, 7) is 8.92. The number of amides is 1. The molecule has 0 saturated carbocycles. The third-order valence-electron chi connectivity index (χ3n) is 4.67. The number of anilines is 1. The maximum Gasteiger partial charge on any atom is 0.256 e. The molecule has 0 fully saturated rings. The molecular weight excluding hydrogens is 381 g/mol. The highest BCUT2D eigenvalue weighted by molar-refractivity contribution is 6.04. The zero-order chi connectivity index (χ0) is 21.7. The Hall–Kier alpha value is -3.15. The summed E-state index contributed by atoms with van der Waals surface area (Å²) in [5.74, 6) is 0.693. The van der Waals surface area contributed by atoms with E-state index in [9.17, 15) is 9.18 Å². The van der Waals surface area contributed by atoms with Crippen molar-refractivity contribution in [2.24, 2.45) is 0 Å². The van der Waals surface area contributed by atoms with Crippen LogP contribution in [0.3, 0.4) is 0 Å². The van der Waals surface area contributed by atoms with E-state index in [1.807, 2.05) is 26.8 Å². The third-order valence-corrected chi connectivity index (χ3v) is 4.67. The van der Waals surface area contributed by atoms with Gasteiger partial charge in [0, 0.05) is 17.0 Å². The van der Waals surface area contributed by atoms with Gasteiger partial charge in [-0.2, -0.15) is 5.10 Å². The number of hydrogen-bond donors (Lipinski definition) is 1. The number of rotatable bonds is 7. The zero-order valence-corrected chi connectivity index (χ0v) is 17.9. The van der Waals surface area contributed by atoms with Gasteiger partial charge in [-0.3, -0.25) is 4.79 Å². The molecule has 0 atom stereocenters. The van der Waals surface area contributed by atoms with Crippen molar-refractivity contribution in [3.05, 3.63) is 71.7 Å². The van der Waals surface area contributed by atoms with Gasteiger partial charge >= 0.3 is 0 Å². The van der Waals surface area contributed by atoms with Crippen molar-refractivity contribution in [1.29, 1.82) is 0 Å². The minimum atomic E-state index is -0.325. The van der Waals surface area contributed by atoms with Crippen LogP contribution in [0.2, 0.25) is 0 Å². The molecule has 0 radical (unpaired) electrons. The zero-order valence-electron chi connectivity index (χ0n) is 17.9. The Bertz CT molecular complexity index is 987. The van der Waals surface area contributed by atoms with Gasteiger partial charge in [-0.25, -0.2) is 9.07 Å². The number of hydrogen-bond acceptors (Lipinski definition) is 3. The van der Waals surface area contributed by atoms with Gasteiger partial charge in [0.05, 0.1) is 18.0 Å². The number of aromatic nitrogens is 2. The minimum absolute atomic E-state index is 0.206. The number of unbranched alkanes of at least 4 members (excludes halogenated alkanes) is 1. The van der Waals surface area contributed by atoms with Gasteiger partial charge in [0.15, 0.2) is 0 Å². The Morgan fingerprint density at radius 3 is 2.37 bits per heavy atom. The van der Waals surface area contributed by atoms with Gasteiger partial charge in [-0.1, -0.05) is 34.1 Å². The molecule has 5 nitrogen and oxygen atoms in total. The average molecular weight is 410 g/mol. The van der Waals surface area contributed by atoms with Crippen molar-refractivity contribution >= 4 is 11.7 Å². The van der Waals surface area contributed by atoms with Crippen molar-refractivity contribution < 1.29 is 13.9 Å². The van der Waals surface area contributed by atoms with Gasteiger partial charge < -0.3 is 10.1 Å². The van der Waals surface area contributed by atoms with Crippen LogP contribution in [-0.4, -0.2) is 22.3 Å². The minimum Gasteiger partial charge on any atom is -0.494 e. The second kappa shape index (κ2) is 9.11. The normalized spacial score (nSPS) is 11.4. The molecule has 0 aliphatic rings. The van der Waals surface area contributed by atoms with E-state index < -0.39 is 0 Å². The predicted molar refractivity (Wildman–Crippen MR) is 117 cm³/mol. The summed E-state index contributed by atoms with van der Waals surface area (Å²) >= 11 is 0. The fourth-order valence-corrected chi connectivity index (χ4v) is 2.84. The highest BCUT2D eigenvalue weighted by Gasteiger charge is 2.22. The van der Waals surface area contributed by atoms with Gasteiger partial charge in [0.25, 0.3) is 5.91 Å². The largest absolute Gasteiger partial charge is 0.494 e. The Kier molecular flexibility index (Phi) is 6.55. The van der Waals surface area contributed by atoms with Crippen molar-refractivity contribution in [2.45, 2.75) is 46.0 Å². The molecule has 158 valence electrons. The summed E-state index contributed by atoms with van der Waals surface area (Å²) in [7, 11) is 0. The van der Waals surface area contributed by atoms with E-state index in [-0.39, 0.29) is 17.1 Å². The molecule has 0 spiro atoms. The first-order valence-electron chi connectivity index (χ1n) is 10.2. The van der Waals surface area contributed by atoms with Crippen LogP contribution in [-0.2, 0) is 5.41 Å². The maximum atomic E-state index is 13.3. The van der Waals surface area contributed by atoms with E-state index in [4.69, 9.17) is 4.74 Å². The van der Waals surface area contributed by atoms with E-state index in [0.717, 1.165) is 24.3 Å². The lowest BCUT2D eigenvalue weighted by Gasteiger charge is -2.14. The van der Waals surface area contributed by atoms with Crippen LogP contribution in [0.1, 0.15) is 56.6 Å². The standard InChI is InChI=1S/C24H28FN3O2/c1-5-6-15-30-20-13-7-17(8-14-20)23(29)26-22-16-21(24(2,3)4)27-28(22)19-11-9-18(25)10-12-19/h7-14,16H,5-6,15H2,1-4H3,(H,26,29). The van der Waals surface area contributed by atoms with E-state index >= 15 is 0 Å². The lowest BCUT2D eigenvalue weighted by molar-refractivity contribution is 0.102. The van der Waals surface area contributed by atoms with Crippen molar-refractivity contribution in [3.8, 4) is 11.4 Å². The van der Waals surface area contributed by atoms with E-state index in [2.05, 4.69) is 17.3 Å². The topological polar surface area (TPSA) is 56.1 Å². The van der Waals surface area contributed by atoms with E-state index in [1.165, 1.54) is 12.1 Å². The van der Waals surface area contributed by atoms with Crippen molar-refractivity contribution in [1.82, 2.24) is 9.78 Å². The first-order chi connectivity index (χ1) is 14.3. The van der Waals surface area contributed by atoms with Gasteiger partial charge in [-0.15, -0.1) is 0 Å². The highest BCUT2D eigenvalue weighted by Crippen LogP contribution is 2.27. The molecule has 3 aromatic rings. The van der Waals surface area contributed by atoms with Crippen LogP contribution in [0.25, 0.3) is 5.69 Å². The summed E-state index contributed by atoms with van der Waals surface area (Å²) in [4.78, 5) is 12.8. The maximum absolute atomic E-state index is 13.3. The summed E-state index contributed by atoms with van der Waals surface area (Å²) in [6, 6.07) is 14.9. The molecule has 1 aromatic heterocycles. The first-order valence-corrected chi connectivity index (χ1v) is 10.2. The molecule has 1 heterocycles. The molecule has 0 saturated heterocycles. The van der Waals surface area contributed by atoms with Crippen LogP contribution in [0, 0.1) is 5.82 Å². The third kappa shape index (κ3) is 5.26. The molecule has 0 aliphatic heterocycles. The number of nitrogens with zero attached hydrogens (tertiary/aromatic N) is 2. The Labute approximate surface area is 176 Å². The van der Waals surface area contributed by atoms with E-state index in [1.54, 1.807) is 41.1 Å². The van der Waals surface area contributed by atoms with Gasteiger partial charge in [0.1, 0.15) is 17.4 Å². The van der Waals surface area contributed by atoms with Gasteiger partial charge in [-0.05, 0) is 55.0 Å². The van der Waals surface area contributed by atoms with Crippen molar-refractivity contribution in [3.63, 3.8) is 0 Å². The summed E-state index contributed by atoms with van der Waals surface area (Å²) in [5, 5.41) is 7.57. The smallest absolute Gasteiger partial charge is 0.256 e. The molecule has 1 amide bonds. The second-order valence-electron chi connectivity index (χ2n) is 8.23. The summed E-state index contributed by atoms with van der Waals surface area (Å²) in [6.07, 6.45) is 2.06. The van der Waals surface area contributed by atoms with Crippen molar-refractivity contribution in [2.75, 3.05) is 11.9 Å². The number of carbonyl (C=O) groups is 1. The predicted octanol–water partition coefficient (Wildman–Crippen LogP) is 5.74. The Morgan fingerprint density at radius 2 is 1.77 bits per heavy atom. The van der Waals surface area contributed by atoms with Crippen LogP contribution in [0.15, 0.2) is 54.6 Å². The molecule has 0 bridgehead atoms. The first kappa shape index (κ1) is 21.6. The van der Waals surface area contributed by atoms with Crippen LogP contribution in [0.4, 0.5) is 10.2 Å². The molecule has 30 heavy (non-hydrogen) atoms. The lowest BCUT2D eigenvalue weighted by atomic mass is 9.92. The molecule has 3 rings (SSSR count). The quantitative estimate of drug-likeness (QED) is 0.506. The summed E-state index contributed by atoms with van der Waals surface area (Å²) < 4.78 is 20.6. The molecule has 0 aliphatic carbocycles. The number of nitrogens with one attached hydrogen (secondary N) is 1. The monoisotopic (exact) mass is 409 g/mol. The average Bonchev–Trinajstić information content (AvgIpc) is 3.13. The molecule has 2 aromatic carbocycles. The highest BCUT2D eigenvalue weighted by atomic mass is 19.1. The molecular formula is C24H28FN3O2. The lowest BCUT2D eigenvalue weighted by Crippen LogP contribution is -2.15. The number of ether oxygens (including phenoxy) is 1.